The summed E-state index contributed by atoms with van der Waals surface area (Å²) in [6, 6.07) is 8.52. The van der Waals surface area contributed by atoms with Crippen molar-refractivity contribution in [1.82, 2.24) is 0 Å². The molecule has 6 nitrogen and oxygen atoms in total. The van der Waals surface area contributed by atoms with Crippen molar-refractivity contribution in [3.8, 4) is 0 Å². The first-order valence-corrected chi connectivity index (χ1v) is 10.7. The molecule has 1 N–H and O–H groups in total. The molecule has 3 atom stereocenters. The molecular formula is C23H35NO5. The van der Waals surface area contributed by atoms with Gasteiger partial charge in [-0.05, 0) is 57.1 Å². The van der Waals surface area contributed by atoms with Crippen molar-refractivity contribution >= 4 is 11.7 Å². The fraction of sp³-hybridized carbons (Fsp3) is 0.652. The zero-order chi connectivity index (χ0) is 21.3. The minimum Gasteiger partial charge on any atom is -0.477 e. The molecule has 0 aliphatic carbocycles. The van der Waals surface area contributed by atoms with Crippen LogP contribution < -0.4 is 0 Å². The number of aryl methyl sites for hydroxylation is 1. The predicted octanol–water partition coefficient (Wildman–Crippen LogP) is 4.79. The molecule has 1 aromatic carbocycles. The summed E-state index contributed by atoms with van der Waals surface area (Å²) < 4.78 is 11.0. The molecule has 2 rings (SSSR count). The molecule has 0 saturated carbocycles. The lowest BCUT2D eigenvalue weighted by atomic mass is 9.96. The number of carboxylic acid groups (broad SMARTS) is 1. The molecule has 1 fully saturated rings. The maximum absolute atomic E-state index is 11.2. The third-order valence-corrected chi connectivity index (χ3v) is 5.49. The zero-order valence-corrected chi connectivity index (χ0v) is 18.1. The van der Waals surface area contributed by atoms with Crippen molar-refractivity contribution in [1.29, 1.82) is 0 Å². The molecule has 29 heavy (non-hydrogen) atoms. The van der Waals surface area contributed by atoms with Crippen LogP contribution in [0.25, 0.3) is 0 Å². The number of hydrogen-bond donors (Lipinski definition) is 1. The van der Waals surface area contributed by atoms with Gasteiger partial charge in [0.1, 0.15) is 6.61 Å². The van der Waals surface area contributed by atoms with Gasteiger partial charge in [-0.1, -0.05) is 42.8 Å². The number of oxime groups is 1. The van der Waals surface area contributed by atoms with Crippen LogP contribution in [-0.2, 0) is 25.5 Å². The van der Waals surface area contributed by atoms with Crippen LogP contribution in [0.1, 0.15) is 70.9 Å². The number of benzene rings is 1. The van der Waals surface area contributed by atoms with E-state index in [0.717, 1.165) is 37.0 Å². The first-order chi connectivity index (χ1) is 13.9. The molecule has 0 aromatic heterocycles. The van der Waals surface area contributed by atoms with E-state index in [0.29, 0.717) is 13.2 Å². The van der Waals surface area contributed by atoms with Gasteiger partial charge in [-0.2, -0.15) is 0 Å². The molecule has 6 heteroatoms. The Morgan fingerprint density at radius 1 is 1.28 bits per heavy atom. The van der Waals surface area contributed by atoms with Crippen molar-refractivity contribution in [2.75, 3.05) is 13.2 Å². The maximum Gasteiger partial charge on any atom is 0.364 e. The molecular weight excluding hydrogens is 370 g/mol. The molecule has 0 bridgehead atoms. The summed E-state index contributed by atoms with van der Waals surface area (Å²) >= 11 is 0. The highest BCUT2D eigenvalue weighted by atomic mass is 16.7. The van der Waals surface area contributed by atoms with E-state index in [1.54, 1.807) is 0 Å². The first kappa shape index (κ1) is 23.4. The number of hydrogen-bond acceptors (Lipinski definition) is 5. The average molecular weight is 406 g/mol. The fourth-order valence-electron chi connectivity index (χ4n) is 3.38. The number of unbranched alkanes of at least 4 members (excludes halogenated alkanes) is 2. The van der Waals surface area contributed by atoms with Crippen LogP contribution in [0.3, 0.4) is 0 Å². The van der Waals surface area contributed by atoms with E-state index >= 15 is 0 Å². The quantitative estimate of drug-likeness (QED) is 0.325. The van der Waals surface area contributed by atoms with Crippen molar-refractivity contribution in [3.05, 3.63) is 35.4 Å². The molecule has 1 heterocycles. The van der Waals surface area contributed by atoms with Crippen LogP contribution in [-0.4, -0.2) is 41.9 Å². The highest BCUT2D eigenvalue weighted by Crippen LogP contribution is 2.29. The Morgan fingerprint density at radius 2 is 2.00 bits per heavy atom. The van der Waals surface area contributed by atoms with Crippen LogP contribution in [0, 0.1) is 5.92 Å². The normalized spacial score (nSPS) is 25.0. The second-order valence-corrected chi connectivity index (χ2v) is 7.95. The topological polar surface area (TPSA) is 77.4 Å². The highest BCUT2D eigenvalue weighted by molar-refractivity contribution is 5.98. The van der Waals surface area contributed by atoms with Crippen LogP contribution in [0.15, 0.2) is 29.4 Å². The minimum atomic E-state index is -1.53. The highest BCUT2D eigenvalue weighted by Gasteiger charge is 2.43. The van der Waals surface area contributed by atoms with Gasteiger partial charge in [-0.25, -0.2) is 4.79 Å². The van der Waals surface area contributed by atoms with Gasteiger partial charge >= 0.3 is 5.97 Å². The molecule has 3 unspecified atom stereocenters. The number of ether oxygens (including phenoxy) is 2. The van der Waals surface area contributed by atoms with Crippen molar-refractivity contribution < 1.29 is 24.2 Å². The zero-order valence-electron chi connectivity index (χ0n) is 18.1. The Hall–Kier alpha value is -1.92. The standard InChI is InChI=1S/C23H35NO5/c1-5-6-9-19-11-13-20(14-12-19)17(2)24-28-15-8-7-10-21-16-27-23(4,22(25)26)29-18(21)3/h11-14,18,21H,5-10,15-16H2,1-4H3,(H,25,26). The Balaban J connectivity index is 1.66. The van der Waals surface area contributed by atoms with Crippen molar-refractivity contribution in [2.24, 2.45) is 11.1 Å². The molecule has 1 aromatic rings. The van der Waals surface area contributed by atoms with Crippen LogP contribution >= 0.6 is 0 Å². The van der Waals surface area contributed by atoms with E-state index in [2.05, 4.69) is 36.3 Å². The van der Waals surface area contributed by atoms with Gasteiger partial charge in [0.2, 0.25) is 0 Å². The molecule has 1 aliphatic rings. The average Bonchev–Trinajstić information content (AvgIpc) is 2.70. The summed E-state index contributed by atoms with van der Waals surface area (Å²) in [4.78, 5) is 16.7. The van der Waals surface area contributed by atoms with Gasteiger partial charge in [0, 0.05) is 12.8 Å². The van der Waals surface area contributed by atoms with Crippen LogP contribution in [0.2, 0.25) is 0 Å². The van der Waals surface area contributed by atoms with E-state index in [9.17, 15) is 9.90 Å². The molecule has 0 spiro atoms. The summed E-state index contributed by atoms with van der Waals surface area (Å²) in [5, 5.41) is 13.4. The largest absolute Gasteiger partial charge is 0.477 e. The Labute approximate surface area is 174 Å². The summed E-state index contributed by atoms with van der Waals surface area (Å²) in [5.41, 5.74) is 3.32. The lowest BCUT2D eigenvalue weighted by Gasteiger charge is -2.39. The SMILES string of the molecule is CCCCc1ccc(C(C)=NOCCCCC2COC(C)(C(=O)O)OC2C)cc1. The second-order valence-electron chi connectivity index (χ2n) is 7.95. The third-order valence-electron chi connectivity index (χ3n) is 5.49. The molecule has 1 aliphatic heterocycles. The van der Waals surface area contributed by atoms with Gasteiger partial charge in [-0.3, -0.25) is 0 Å². The monoisotopic (exact) mass is 405 g/mol. The number of nitrogens with zero attached hydrogens (tertiary/aromatic N) is 1. The lowest BCUT2D eigenvalue weighted by molar-refractivity contribution is -0.292. The van der Waals surface area contributed by atoms with Crippen LogP contribution in [0.4, 0.5) is 0 Å². The number of carboxylic acids is 1. The van der Waals surface area contributed by atoms with Crippen molar-refractivity contribution in [2.45, 2.75) is 78.1 Å². The van der Waals surface area contributed by atoms with Gasteiger partial charge in [0.05, 0.1) is 18.4 Å². The Kier molecular flexibility index (Phi) is 9.11. The summed E-state index contributed by atoms with van der Waals surface area (Å²) in [6.07, 6.45) is 6.13. The minimum absolute atomic E-state index is 0.147. The van der Waals surface area contributed by atoms with Gasteiger partial charge in [0.15, 0.2) is 0 Å². The molecule has 1 saturated heterocycles. The first-order valence-electron chi connectivity index (χ1n) is 10.7. The number of aliphatic carboxylic acids is 1. The van der Waals surface area contributed by atoms with E-state index in [1.165, 1.54) is 25.3 Å². The summed E-state index contributed by atoms with van der Waals surface area (Å²) in [5.74, 6) is -2.42. The van der Waals surface area contributed by atoms with Gasteiger partial charge < -0.3 is 19.4 Å². The number of carbonyl (C=O) groups is 1. The molecule has 0 radical (unpaired) electrons. The predicted molar refractivity (Wildman–Crippen MR) is 113 cm³/mol. The van der Waals surface area contributed by atoms with Gasteiger partial charge in [-0.15, -0.1) is 0 Å². The van der Waals surface area contributed by atoms with Crippen LogP contribution in [0.5, 0.6) is 0 Å². The molecule has 0 amide bonds. The fourth-order valence-corrected chi connectivity index (χ4v) is 3.38. The summed E-state index contributed by atoms with van der Waals surface area (Å²) in [6.45, 7) is 8.48. The van der Waals surface area contributed by atoms with E-state index in [-0.39, 0.29) is 12.0 Å². The summed E-state index contributed by atoms with van der Waals surface area (Å²) in [7, 11) is 0. The smallest absolute Gasteiger partial charge is 0.364 e. The molecule has 162 valence electrons. The Bertz CT molecular complexity index is 672. The third kappa shape index (κ3) is 7.12. The second kappa shape index (κ2) is 11.3. The number of rotatable bonds is 11. The van der Waals surface area contributed by atoms with Crippen molar-refractivity contribution in [3.63, 3.8) is 0 Å². The van der Waals surface area contributed by atoms with E-state index in [1.807, 2.05) is 13.8 Å². The van der Waals surface area contributed by atoms with E-state index < -0.39 is 11.8 Å². The Morgan fingerprint density at radius 3 is 2.62 bits per heavy atom. The van der Waals surface area contributed by atoms with Gasteiger partial charge in [0.25, 0.3) is 5.79 Å². The maximum atomic E-state index is 11.2. The lowest BCUT2D eigenvalue weighted by Crippen LogP contribution is -2.51. The van der Waals surface area contributed by atoms with E-state index in [4.69, 9.17) is 14.3 Å².